The Labute approximate surface area is 91.0 Å². The molecular weight excluding hydrogens is 194 g/mol. The van der Waals surface area contributed by atoms with E-state index in [1.54, 1.807) is 0 Å². The molecule has 2 N–H and O–H groups in total. The first-order chi connectivity index (χ1) is 7.06. The fraction of sp³-hybridized carbons (Fsp3) is 0.909. The molecule has 1 amide bonds. The monoisotopic (exact) mass is 215 g/mol. The van der Waals surface area contributed by atoms with Crippen molar-refractivity contribution in [3.8, 4) is 0 Å². The highest BCUT2D eigenvalue weighted by Crippen LogP contribution is 2.18. The molecule has 2 unspecified atom stereocenters. The van der Waals surface area contributed by atoms with Gasteiger partial charge in [-0.05, 0) is 26.2 Å². The summed E-state index contributed by atoms with van der Waals surface area (Å²) in [6, 6.07) is 0. The molecule has 0 aliphatic carbocycles. The summed E-state index contributed by atoms with van der Waals surface area (Å²) >= 11 is 0. The van der Waals surface area contributed by atoms with Crippen molar-refractivity contribution in [2.45, 2.75) is 51.2 Å². The number of aliphatic hydroxyl groups excluding tert-OH is 1. The fourth-order valence-corrected chi connectivity index (χ4v) is 1.78. The average molecular weight is 215 g/mol. The summed E-state index contributed by atoms with van der Waals surface area (Å²) in [6.07, 6.45) is 2.19. The summed E-state index contributed by atoms with van der Waals surface area (Å²) in [5.74, 6) is -0.0858. The third-order valence-electron chi connectivity index (χ3n) is 2.77. The van der Waals surface area contributed by atoms with Gasteiger partial charge in [0.15, 0.2) is 0 Å². The van der Waals surface area contributed by atoms with Crippen LogP contribution in [0, 0.1) is 0 Å². The number of nitrogens with one attached hydrogen (secondary N) is 1. The predicted molar refractivity (Wildman–Crippen MR) is 57.5 cm³/mol. The van der Waals surface area contributed by atoms with Gasteiger partial charge in [0, 0.05) is 6.61 Å². The predicted octanol–water partition coefficient (Wildman–Crippen LogP) is 0.833. The van der Waals surface area contributed by atoms with Crippen LogP contribution < -0.4 is 5.32 Å². The zero-order valence-corrected chi connectivity index (χ0v) is 9.58. The van der Waals surface area contributed by atoms with Gasteiger partial charge in [0.2, 0.25) is 5.91 Å². The molecule has 0 spiro atoms. The van der Waals surface area contributed by atoms with Crippen LogP contribution in [0.5, 0.6) is 0 Å². The Hall–Kier alpha value is -0.610. The van der Waals surface area contributed by atoms with Crippen molar-refractivity contribution in [3.05, 3.63) is 0 Å². The van der Waals surface area contributed by atoms with E-state index in [9.17, 15) is 9.90 Å². The van der Waals surface area contributed by atoms with Crippen LogP contribution >= 0.6 is 0 Å². The lowest BCUT2D eigenvalue weighted by molar-refractivity contribution is -0.126. The molecule has 4 heteroatoms. The molecule has 0 aromatic rings. The summed E-state index contributed by atoms with van der Waals surface area (Å²) in [6.45, 7) is 5.20. The maximum atomic E-state index is 11.6. The molecule has 0 bridgehead atoms. The van der Waals surface area contributed by atoms with Gasteiger partial charge in [0.1, 0.15) is 0 Å². The molecular formula is C11H21NO3. The molecule has 0 saturated carbocycles. The Morgan fingerprint density at radius 2 is 2.40 bits per heavy atom. The highest BCUT2D eigenvalue weighted by atomic mass is 16.5. The summed E-state index contributed by atoms with van der Waals surface area (Å²) in [4.78, 5) is 11.6. The molecule has 88 valence electrons. The van der Waals surface area contributed by atoms with E-state index >= 15 is 0 Å². The fourth-order valence-electron chi connectivity index (χ4n) is 1.78. The van der Waals surface area contributed by atoms with E-state index in [0.29, 0.717) is 13.0 Å². The number of carbonyl (C=O) groups is 1. The average Bonchev–Trinajstić information content (AvgIpc) is 2.17. The van der Waals surface area contributed by atoms with Gasteiger partial charge < -0.3 is 15.2 Å². The van der Waals surface area contributed by atoms with Crippen LogP contribution in [-0.2, 0) is 9.53 Å². The number of rotatable bonds is 4. The first-order valence-corrected chi connectivity index (χ1v) is 5.62. The Bertz CT molecular complexity index is 212. The van der Waals surface area contributed by atoms with Crippen LogP contribution in [0.25, 0.3) is 0 Å². The summed E-state index contributed by atoms with van der Waals surface area (Å²) in [5.41, 5.74) is -0.247. The lowest BCUT2D eigenvalue weighted by Crippen LogP contribution is -2.52. The third kappa shape index (κ3) is 4.18. The maximum absolute atomic E-state index is 11.6. The second kappa shape index (κ2) is 5.47. The van der Waals surface area contributed by atoms with Crippen LogP contribution in [-0.4, -0.2) is 35.9 Å². The van der Waals surface area contributed by atoms with Gasteiger partial charge >= 0.3 is 0 Å². The zero-order chi connectivity index (χ0) is 11.3. The van der Waals surface area contributed by atoms with Gasteiger partial charge in [-0.2, -0.15) is 0 Å². The van der Waals surface area contributed by atoms with Crippen LogP contribution in [0.2, 0.25) is 0 Å². The molecule has 1 heterocycles. The van der Waals surface area contributed by atoms with E-state index in [-0.39, 0.29) is 17.9 Å². The molecule has 1 aliphatic rings. The van der Waals surface area contributed by atoms with Gasteiger partial charge in [-0.25, -0.2) is 0 Å². The van der Waals surface area contributed by atoms with Gasteiger partial charge in [0.05, 0.1) is 24.7 Å². The highest BCUT2D eigenvalue weighted by molar-refractivity contribution is 5.77. The van der Waals surface area contributed by atoms with E-state index in [4.69, 9.17) is 4.74 Å². The van der Waals surface area contributed by atoms with Crippen molar-refractivity contribution in [2.24, 2.45) is 0 Å². The molecule has 0 aromatic carbocycles. The minimum atomic E-state index is -0.530. The Morgan fingerprint density at radius 1 is 1.67 bits per heavy atom. The van der Waals surface area contributed by atoms with E-state index < -0.39 is 6.10 Å². The second-order valence-corrected chi connectivity index (χ2v) is 4.53. The van der Waals surface area contributed by atoms with Crippen LogP contribution in [0.1, 0.15) is 39.5 Å². The number of hydrogen-bond acceptors (Lipinski definition) is 3. The normalized spacial score (nSPS) is 28.5. The molecule has 1 aliphatic heterocycles. The maximum Gasteiger partial charge on any atom is 0.223 e. The summed E-state index contributed by atoms with van der Waals surface area (Å²) < 4.78 is 5.34. The smallest absolute Gasteiger partial charge is 0.223 e. The van der Waals surface area contributed by atoms with Crippen LogP contribution in [0.15, 0.2) is 0 Å². The molecule has 1 fully saturated rings. The number of hydrogen-bond donors (Lipinski definition) is 2. The van der Waals surface area contributed by atoms with Crippen molar-refractivity contribution in [1.82, 2.24) is 5.32 Å². The second-order valence-electron chi connectivity index (χ2n) is 4.53. The van der Waals surface area contributed by atoms with Crippen molar-refractivity contribution < 1.29 is 14.6 Å². The van der Waals surface area contributed by atoms with Crippen LogP contribution in [0.3, 0.4) is 0 Å². The van der Waals surface area contributed by atoms with E-state index in [2.05, 4.69) is 5.32 Å². The van der Waals surface area contributed by atoms with Crippen molar-refractivity contribution in [3.63, 3.8) is 0 Å². The molecule has 1 rings (SSSR count). The van der Waals surface area contributed by atoms with Crippen LogP contribution in [0.4, 0.5) is 0 Å². The quantitative estimate of drug-likeness (QED) is 0.730. The molecule has 0 radical (unpaired) electrons. The number of carbonyl (C=O) groups excluding carboxylic acids is 1. The van der Waals surface area contributed by atoms with Gasteiger partial charge in [-0.3, -0.25) is 4.79 Å². The van der Waals surface area contributed by atoms with Gasteiger partial charge in [-0.15, -0.1) is 0 Å². The minimum absolute atomic E-state index is 0.0858. The SMILES string of the molecule is CCC(O)CC(=O)NC1(C)CCCOC1. The number of ether oxygens (including phenoxy) is 1. The molecule has 15 heavy (non-hydrogen) atoms. The van der Waals surface area contributed by atoms with E-state index in [1.165, 1.54) is 0 Å². The lowest BCUT2D eigenvalue weighted by Gasteiger charge is -2.34. The van der Waals surface area contributed by atoms with Crippen molar-refractivity contribution >= 4 is 5.91 Å². The summed E-state index contributed by atoms with van der Waals surface area (Å²) in [7, 11) is 0. The number of amides is 1. The standard InChI is InChI=1S/C11H21NO3/c1-3-9(13)7-10(14)12-11(2)5-4-6-15-8-11/h9,13H,3-8H2,1-2H3,(H,12,14). The van der Waals surface area contributed by atoms with Crippen molar-refractivity contribution in [1.29, 1.82) is 0 Å². The molecule has 4 nitrogen and oxygen atoms in total. The highest BCUT2D eigenvalue weighted by Gasteiger charge is 2.29. The Morgan fingerprint density at radius 3 is 2.93 bits per heavy atom. The molecule has 1 saturated heterocycles. The van der Waals surface area contributed by atoms with E-state index in [1.807, 2.05) is 13.8 Å². The molecule has 2 atom stereocenters. The van der Waals surface area contributed by atoms with E-state index in [0.717, 1.165) is 19.4 Å². The summed E-state index contributed by atoms with van der Waals surface area (Å²) in [5, 5.41) is 12.3. The zero-order valence-electron chi connectivity index (χ0n) is 9.58. The first kappa shape index (κ1) is 12.5. The Kier molecular flexibility index (Phi) is 4.54. The number of aliphatic hydroxyl groups is 1. The minimum Gasteiger partial charge on any atom is -0.393 e. The third-order valence-corrected chi connectivity index (χ3v) is 2.77. The largest absolute Gasteiger partial charge is 0.393 e. The first-order valence-electron chi connectivity index (χ1n) is 5.62. The Balaban J connectivity index is 2.35. The topological polar surface area (TPSA) is 58.6 Å². The molecule has 0 aromatic heterocycles. The van der Waals surface area contributed by atoms with Gasteiger partial charge in [0.25, 0.3) is 0 Å². The lowest BCUT2D eigenvalue weighted by atomic mass is 9.94. The van der Waals surface area contributed by atoms with Gasteiger partial charge in [-0.1, -0.05) is 6.92 Å². The van der Waals surface area contributed by atoms with Crippen molar-refractivity contribution in [2.75, 3.05) is 13.2 Å².